The Hall–Kier alpha value is -2.58. The van der Waals surface area contributed by atoms with Crippen LogP contribution in [0, 0.1) is 0 Å². The van der Waals surface area contributed by atoms with E-state index >= 15 is 0 Å². The number of hydrazine groups is 1. The summed E-state index contributed by atoms with van der Waals surface area (Å²) < 4.78 is 24.9. The van der Waals surface area contributed by atoms with E-state index in [9.17, 15) is 18.0 Å². The van der Waals surface area contributed by atoms with Crippen molar-refractivity contribution in [3.63, 3.8) is 0 Å². The number of hydrogen-bond acceptors (Lipinski definition) is 4. The second-order valence-corrected chi connectivity index (χ2v) is 8.15. The molecule has 7 nitrogen and oxygen atoms in total. The Bertz CT molecular complexity index is 930. The van der Waals surface area contributed by atoms with Crippen molar-refractivity contribution in [2.45, 2.75) is 13.3 Å². The van der Waals surface area contributed by atoms with E-state index in [-0.39, 0.29) is 5.69 Å². The molecular formula is C18H20ClN3O4S. The van der Waals surface area contributed by atoms with E-state index in [4.69, 9.17) is 11.6 Å². The third-order valence-corrected chi connectivity index (χ3v) is 5.10. The second-order valence-electron chi connectivity index (χ2n) is 5.80. The molecule has 0 fully saturated rings. The van der Waals surface area contributed by atoms with E-state index in [1.807, 2.05) is 19.1 Å². The number of carbonyl (C=O) groups excluding carboxylic acids is 2. The first kappa shape index (κ1) is 20.7. The molecule has 0 bridgehead atoms. The maximum Gasteiger partial charge on any atom is 0.269 e. The van der Waals surface area contributed by atoms with Crippen molar-refractivity contribution in [2.75, 3.05) is 17.1 Å². The summed E-state index contributed by atoms with van der Waals surface area (Å²) in [7, 11) is -3.73. The average Bonchev–Trinajstić information content (AvgIpc) is 2.63. The first-order valence-electron chi connectivity index (χ1n) is 8.12. The fourth-order valence-electron chi connectivity index (χ4n) is 2.29. The van der Waals surface area contributed by atoms with Crippen molar-refractivity contribution in [1.82, 2.24) is 10.9 Å². The molecule has 0 spiro atoms. The minimum absolute atomic E-state index is 0.252. The maximum atomic E-state index is 12.1. The molecule has 27 heavy (non-hydrogen) atoms. The van der Waals surface area contributed by atoms with Crippen molar-refractivity contribution in [2.24, 2.45) is 0 Å². The van der Waals surface area contributed by atoms with Crippen molar-refractivity contribution in [1.29, 1.82) is 0 Å². The first-order valence-corrected chi connectivity index (χ1v) is 10.3. The Morgan fingerprint density at radius 1 is 1.07 bits per heavy atom. The van der Waals surface area contributed by atoms with Crippen LogP contribution in [0.4, 0.5) is 5.69 Å². The van der Waals surface area contributed by atoms with Gasteiger partial charge in [-0.2, -0.15) is 0 Å². The Morgan fingerprint density at radius 3 is 2.30 bits per heavy atom. The summed E-state index contributed by atoms with van der Waals surface area (Å²) >= 11 is 5.89. The molecule has 0 radical (unpaired) electrons. The number of sulfonamides is 1. The third kappa shape index (κ3) is 5.97. The Kier molecular flexibility index (Phi) is 6.81. The molecule has 9 heteroatoms. The lowest BCUT2D eigenvalue weighted by atomic mass is 10.1. The van der Waals surface area contributed by atoms with Crippen molar-refractivity contribution in [3.8, 4) is 0 Å². The molecule has 0 aliphatic rings. The molecule has 2 aromatic carbocycles. The highest BCUT2D eigenvalue weighted by molar-refractivity contribution is 7.92. The highest BCUT2D eigenvalue weighted by atomic mass is 35.5. The summed E-state index contributed by atoms with van der Waals surface area (Å²) in [6.45, 7) is 1.50. The molecule has 2 amide bonds. The van der Waals surface area contributed by atoms with Crippen LogP contribution in [0.25, 0.3) is 0 Å². The summed E-state index contributed by atoms with van der Waals surface area (Å²) in [5.41, 5.74) is 6.20. The molecule has 0 aliphatic carbocycles. The van der Waals surface area contributed by atoms with Gasteiger partial charge in [-0.05, 0) is 42.3 Å². The van der Waals surface area contributed by atoms with Gasteiger partial charge in [-0.25, -0.2) is 8.42 Å². The van der Waals surface area contributed by atoms with Gasteiger partial charge in [0.25, 0.3) is 11.8 Å². The number of nitrogens with one attached hydrogen (secondary N) is 2. The lowest BCUT2D eigenvalue weighted by molar-refractivity contribution is -0.120. The van der Waals surface area contributed by atoms with Crippen molar-refractivity contribution in [3.05, 3.63) is 64.7 Å². The summed E-state index contributed by atoms with van der Waals surface area (Å²) in [6, 6.07) is 13.1. The van der Waals surface area contributed by atoms with Gasteiger partial charge in [0.1, 0.15) is 6.54 Å². The molecule has 0 saturated heterocycles. The molecule has 0 saturated carbocycles. The summed E-state index contributed by atoms with van der Waals surface area (Å²) in [6.07, 6.45) is 1.83. The van der Waals surface area contributed by atoms with E-state index in [1.165, 1.54) is 12.1 Å². The first-order chi connectivity index (χ1) is 12.7. The zero-order chi connectivity index (χ0) is 20.0. The lowest BCUT2D eigenvalue weighted by Gasteiger charge is -2.22. The fraction of sp³-hybridized carbons (Fsp3) is 0.222. The largest absolute Gasteiger partial charge is 0.271 e. The topological polar surface area (TPSA) is 95.6 Å². The van der Waals surface area contributed by atoms with Crippen molar-refractivity contribution >= 4 is 39.1 Å². The minimum atomic E-state index is -3.73. The second kappa shape index (κ2) is 8.88. The average molecular weight is 410 g/mol. The molecule has 2 N–H and O–H groups in total. The van der Waals surface area contributed by atoms with Crippen LogP contribution in [0.15, 0.2) is 48.5 Å². The van der Waals surface area contributed by atoms with E-state index in [1.54, 1.807) is 24.3 Å². The molecule has 0 unspecified atom stereocenters. The molecule has 2 aromatic rings. The SMILES string of the molecule is CCc1ccc(C(=O)NNC(=O)CN(c2cccc(Cl)c2)S(C)(=O)=O)cc1. The van der Waals surface area contributed by atoms with Gasteiger partial charge in [0.15, 0.2) is 0 Å². The van der Waals surface area contributed by atoms with Gasteiger partial charge in [-0.1, -0.05) is 36.7 Å². The van der Waals surface area contributed by atoms with E-state index in [0.717, 1.165) is 22.5 Å². The molecule has 144 valence electrons. The van der Waals surface area contributed by atoms with Gasteiger partial charge in [-0.15, -0.1) is 0 Å². The van der Waals surface area contributed by atoms with Crippen molar-refractivity contribution < 1.29 is 18.0 Å². The smallest absolute Gasteiger partial charge is 0.269 e. The van der Waals surface area contributed by atoms with Gasteiger partial charge in [0, 0.05) is 10.6 Å². The number of rotatable bonds is 6. The highest BCUT2D eigenvalue weighted by Gasteiger charge is 2.21. The molecule has 0 aromatic heterocycles. The van der Waals surface area contributed by atoms with Gasteiger partial charge in [-0.3, -0.25) is 24.7 Å². The van der Waals surface area contributed by atoms with Crippen LogP contribution >= 0.6 is 11.6 Å². The van der Waals surface area contributed by atoms with Crippen LogP contribution in [-0.2, 0) is 21.2 Å². The maximum absolute atomic E-state index is 12.1. The van der Waals surface area contributed by atoms with Gasteiger partial charge >= 0.3 is 0 Å². The number of hydrogen-bond donors (Lipinski definition) is 2. The van der Waals surface area contributed by atoms with Gasteiger partial charge < -0.3 is 0 Å². The Morgan fingerprint density at radius 2 is 1.74 bits per heavy atom. The van der Waals surface area contributed by atoms with E-state index < -0.39 is 28.4 Å². The predicted molar refractivity (Wildman–Crippen MR) is 105 cm³/mol. The van der Waals surface area contributed by atoms with Crippen LogP contribution in [0.3, 0.4) is 0 Å². The molecule has 0 heterocycles. The summed E-state index contributed by atoms with van der Waals surface area (Å²) in [5.74, 6) is -1.20. The molecular weight excluding hydrogens is 390 g/mol. The number of benzene rings is 2. The third-order valence-electron chi connectivity index (χ3n) is 3.72. The van der Waals surface area contributed by atoms with Crippen LogP contribution in [-0.4, -0.2) is 33.0 Å². The fourth-order valence-corrected chi connectivity index (χ4v) is 3.32. The monoisotopic (exact) mass is 409 g/mol. The Labute approximate surface area is 163 Å². The predicted octanol–water partition coefficient (Wildman–Crippen LogP) is 2.13. The van der Waals surface area contributed by atoms with E-state index in [2.05, 4.69) is 10.9 Å². The normalized spacial score (nSPS) is 10.9. The van der Waals surface area contributed by atoms with Crippen LogP contribution in [0.1, 0.15) is 22.8 Å². The zero-order valence-electron chi connectivity index (χ0n) is 14.9. The standard InChI is InChI=1S/C18H20ClN3O4S/c1-3-13-7-9-14(10-8-13)18(24)21-20-17(23)12-22(27(2,25)26)16-6-4-5-15(19)11-16/h4-11H,3,12H2,1-2H3,(H,20,23)(H,21,24). The molecule has 0 atom stereocenters. The lowest BCUT2D eigenvalue weighted by Crippen LogP contribution is -2.47. The number of nitrogens with zero attached hydrogens (tertiary/aromatic N) is 1. The van der Waals surface area contributed by atoms with Crippen LogP contribution in [0.5, 0.6) is 0 Å². The minimum Gasteiger partial charge on any atom is -0.271 e. The van der Waals surface area contributed by atoms with E-state index in [0.29, 0.717) is 10.6 Å². The summed E-state index contributed by atoms with van der Waals surface area (Å²) in [5, 5.41) is 0.338. The molecule has 2 rings (SSSR count). The van der Waals surface area contributed by atoms with Gasteiger partial charge in [0.05, 0.1) is 11.9 Å². The number of aryl methyl sites for hydroxylation is 1. The zero-order valence-corrected chi connectivity index (χ0v) is 16.5. The van der Waals surface area contributed by atoms with Crippen LogP contribution in [0.2, 0.25) is 5.02 Å². The number of amides is 2. The summed E-state index contributed by atoms with van der Waals surface area (Å²) in [4.78, 5) is 24.2. The Balaban J connectivity index is 2.02. The number of carbonyl (C=O) groups is 2. The number of halogens is 1. The highest BCUT2D eigenvalue weighted by Crippen LogP contribution is 2.21. The van der Waals surface area contributed by atoms with Gasteiger partial charge in [0.2, 0.25) is 10.0 Å². The molecule has 0 aliphatic heterocycles. The quantitative estimate of drug-likeness (QED) is 0.714. The number of anilines is 1. The van der Waals surface area contributed by atoms with Crippen LogP contribution < -0.4 is 15.2 Å².